The molecule has 2 atom stereocenters. The number of hydrogen-bond acceptors (Lipinski definition) is 5. The summed E-state index contributed by atoms with van der Waals surface area (Å²) >= 11 is 0. The highest BCUT2D eigenvalue weighted by Crippen LogP contribution is 2.13. The van der Waals surface area contributed by atoms with E-state index in [1.54, 1.807) is 10.9 Å². The third kappa shape index (κ3) is 3.29. The maximum Gasteiger partial charge on any atom is 0.153 e. The minimum Gasteiger partial charge on any atom is -0.312 e. The van der Waals surface area contributed by atoms with Gasteiger partial charge in [0, 0.05) is 49.7 Å². The van der Waals surface area contributed by atoms with Crippen LogP contribution in [0.2, 0.25) is 0 Å². The summed E-state index contributed by atoms with van der Waals surface area (Å²) in [5.74, 6) is 1.45. The van der Waals surface area contributed by atoms with E-state index in [2.05, 4.69) is 46.2 Å². The van der Waals surface area contributed by atoms with E-state index in [4.69, 9.17) is 0 Å². The highest BCUT2D eigenvalue weighted by atomic mass is 15.4. The molecule has 0 aromatic carbocycles. The zero-order chi connectivity index (χ0) is 14.7. The summed E-state index contributed by atoms with van der Waals surface area (Å²) in [5.41, 5.74) is 7.79. The Hall–Kier alpha value is -1.76. The van der Waals surface area contributed by atoms with E-state index in [0.29, 0.717) is 18.0 Å². The summed E-state index contributed by atoms with van der Waals surface area (Å²) in [6.07, 6.45) is 5.49. The van der Waals surface area contributed by atoms with Crippen LogP contribution in [0.3, 0.4) is 0 Å². The molecule has 1 fully saturated rings. The molecule has 3 rings (SSSR count). The van der Waals surface area contributed by atoms with Gasteiger partial charge < -0.3 is 5.32 Å². The van der Waals surface area contributed by atoms with Crippen LogP contribution in [0.4, 0.5) is 0 Å². The maximum absolute atomic E-state index is 4.34. The van der Waals surface area contributed by atoms with Crippen LogP contribution < -0.4 is 16.2 Å². The quantitative estimate of drug-likeness (QED) is 0.761. The molecule has 0 radical (unpaired) electrons. The second kappa shape index (κ2) is 6.34. The monoisotopic (exact) mass is 286 g/mol. The molecule has 1 saturated heterocycles. The lowest BCUT2D eigenvalue weighted by Gasteiger charge is -2.18. The van der Waals surface area contributed by atoms with Gasteiger partial charge in [-0.1, -0.05) is 0 Å². The van der Waals surface area contributed by atoms with Gasteiger partial charge in [0.1, 0.15) is 0 Å². The van der Waals surface area contributed by atoms with E-state index >= 15 is 0 Å². The van der Waals surface area contributed by atoms with Crippen LogP contribution >= 0.6 is 0 Å². The highest BCUT2D eigenvalue weighted by Gasteiger charge is 2.28. The van der Waals surface area contributed by atoms with E-state index in [-0.39, 0.29) is 0 Å². The van der Waals surface area contributed by atoms with Gasteiger partial charge >= 0.3 is 0 Å². The van der Waals surface area contributed by atoms with E-state index in [1.807, 2.05) is 24.5 Å². The molecule has 0 aliphatic carbocycles. The summed E-state index contributed by atoms with van der Waals surface area (Å²) in [6.45, 7) is 6.25. The number of aromatic nitrogens is 3. The molecule has 2 aromatic heterocycles. The van der Waals surface area contributed by atoms with Crippen molar-refractivity contribution in [3.05, 3.63) is 42.4 Å². The average Bonchev–Trinajstić information content (AvgIpc) is 3.13. The summed E-state index contributed by atoms with van der Waals surface area (Å²) in [6, 6.07) is 6.99. The molecule has 2 aromatic rings. The van der Waals surface area contributed by atoms with Gasteiger partial charge in [-0.2, -0.15) is 5.10 Å². The minimum atomic E-state index is 0.490. The summed E-state index contributed by atoms with van der Waals surface area (Å²) < 4.78 is 1.78. The fraction of sp³-hybridized carbons (Fsp3) is 0.467. The van der Waals surface area contributed by atoms with Crippen molar-refractivity contribution in [2.45, 2.75) is 32.5 Å². The predicted octanol–water partition coefficient (Wildman–Crippen LogP) is 0.858. The third-order valence-electron chi connectivity index (χ3n) is 4.08. The van der Waals surface area contributed by atoms with Crippen molar-refractivity contribution in [3.63, 3.8) is 0 Å². The van der Waals surface area contributed by atoms with Crippen LogP contribution in [0, 0.1) is 5.92 Å². The Morgan fingerprint density at radius 3 is 2.76 bits per heavy atom. The van der Waals surface area contributed by atoms with E-state index < -0.39 is 0 Å². The number of nitrogens with zero attached hydrogens (tertiary/aromatic N) is 3. The molecule has 6 nitrogen and oxygen atoms in total. The average molecular weight is 286 g/mol. The van der Waals surface area contributed by atoms with E-state index in [0.717, 1.165) is 18.9 Å². The van der Waals surface area contributed by atoms with Gasteiger partial charge in [-0.25, -0.2) is 9.67 Å². The Morgan fingerprint density at radius 2 is 2.05 bits per heavy atom. The van der Waals surface area contributed by atoms with Crippen LogP contribution in [-0.4, -0.2) is 33.4 Å². The molecular formula is C15H22N6. The zero-order valence-corrected chi connectivity index (χ0v) is 12.5. The van der Waals surface area contributed by atoms with Crippen LogP contribution in [-0.2, 0) is 6.54 Å². The van der Waals surface area contributed by atoms with Crippen molar-refractivity contribution in [1.82, 2.24) is 30.9 Å². The molecule has 1 aliphatic heterocycles. The molecule has 6 heteroatoms. The second-order valence-electron chi connectivity index (χ2n) is 5.63. The number of rotatable bonds is 5. The molecule has 112 valence electrons. The topological polar surface area (TPSA) is 66.8 Å². The smallest absolute Gasteiger partial charge is 0.153 e. The Labute approximate surface area is 124 Å². The van der Waals surface area contributed by atoms with Gasteiger partial charge in [-0.15, -0.1) is 0 Å². The molecule has 1 aliphatic rings. The van der Waals surface area contributed by atoms with Gasteiger partial charge in [0.05, 0.1) is 0 Å². The van der Waals surface area contributed by atoms with E-state index in [9.17, 15) is 0 Å². The Bertz CT molecular complexity index is 557. The van der Waals surface area contributed by atoms with Gasteiger partial charge in [-0.3, -0.25) is 10.9 Å². The van der Waals surface area contributed by atoms with E-state index in [1.165, 1.54) is 5.56 Å². The molecule has 3 heterocycles. The molecule has 0 spiro atoms. The predicted molar refractivity (Wildman–Crippen MR) is 81.8 cm³/mol. The van der Waals surface area contributed by atoms with Crippen LogP contribution in [0.5, 0.6) is 0 Å². The fourth-order valence-corrected chi connectivity index (χ4v) is 2.75. The van der Waals surface area contributed by atoms with Gasteiger partial charge in [0.15, 0.2) is 5.82 Å². The standard InChI is InChI=1S/C15H22N6/c1-11-14(12(2)20-19-11)10-16-9-13-4-6-17-15(8-13)21-7-3-5-18-21/h3-8,11-12,14,16,19-20H,9-10H2,1-2H3. The Morgan fingerprint density at radius 1 is 1.24 bits per heavy atom. The van der Waals surface area contributed by atoms with Crippen LogP contribution in [0.25, 0.3) is 5.82 Å². The number of pyridine rings is 1. The lowest BCUT2D eigenvalue weighted by atomic mass is 9.97. The molecule has 21 heavy (non-hydrogen) atoms. The van der Waals surface area contributed by atoms with Crippen molar-refractivity contribution in [3.8, 4) is 5.82 Å². The first kappa shape index (κ1) is 14.2. The lowest BCUT2D eigenvalue weighted by molar-refractivity contribution is 0.412. The van der Waals surface area contributed by atoms with Gasteiger partial charge in [0.25, 0.3) is 0 Å². The van der Waals surface area contributed by atoms with Crippen molar-refractivity contribution in [1.29, 1.82) is 0 Å². The largest absolute Gasteiger partial charge is 0.312 e. The lowest BCUT2D eigenvalue weighted by Crippen LogP contribution is -2.33. The summed E-state index contributed by atoms with van der Waals surface area (Å²) in [5, 5.41) is 7.75. The van der Waals surface area contributed by atoms with Crippen molar-refractivity contribution < 1.29 is 0 Å². The fourth-order valence-electron chi connectivity index (χ4n) is 2.75. The SMILES string of the molecule is CC1NNC(C)C1CNCc1ccnc(-n2cccn2)c1. The second-order valence-corrected chi connectivity index (χ2v) is 5.63. The maximum atomic E-state index is 4.34. The molecule has 0 saturated carbocycles. The summed E-state index contributed by atoms with van der Waals surface area (Å²) in [7, 11) is 0. The molecular weight excluding hydrogens is 264 g/mol. The highest BCUT2D eigenvalue weighted by molar-refractivity contribution is 5.26. The zero-order valence-electron chi connectivity index (χ0n) is 12.5. The first-order valence-corrected chi connectivity index (χ1v) is 7.41. The molecule has 0 bridgehead atoms. The molecule has 2 unspecified atom stereocenters. The van der Waals surface area contributed by atoms with Crippen molar-refractivity contribution in [2.24, 2.45) is 5.92 Å². The van der Waals surface area contributed by atoms with Crippen molar-refractivity contribution in [2.75, 3.05) is 6.54 Å². The Kier molecular flexibility index (Phi) is 4.28. The molecule has 3 N–H and O–H groups in total. The third-order valence-corrected chi connectivity index (χ3v) is 4.08. The first-order chi connectivity index (χ1) is 10.2. The minimum absolute atomic E-state index is 0.490. The van der Waals surface area contributed by atoms with Crippen LogP contribution in [0.15, 0.2) is 36.8 Å². The normalized spacial score (nSPS) is 25.3. The van der Waals surface area contributed by atoms with Crippen molar-refractivity contribution >= 4 is 0 Å². The van der Waals surface area contributed by atoms with Gasteiger partial charge in [0.2, 0.25) is 0 Å². The number of nitrogens with one attached hydrogen (secondary N) is 3. The van der Waals surface area contributed by atoms with Crippen LogP contribution in [0.1, 0.15) is 19.4 Å². The Balaban J connectivity index is 1.57. The number of hydrogen-bond donors (Lipinski definition) is 3. The molecule has 0 amide bonds. The first-order valence-electron chi connectivity index (χ1n) is 7.41. The summed E-state index contributed by atoms with van der Waals surface area (Å²) in [4.78, 5) is 4.34. The van der Waals surface area contributed by atoms with Gasteiger partial charge in [-0.05, 0) is 37.6 Å². The number of hydrazine groups is 1.